The number of rotatable bonds is 6. The monoisotopic (exact) mass is 272 g/mol. The third-order valence-electron chi connectivity index (χ3n) is 3.68. The van der Waals surface area contributed by atoms with Crippen LogP contribution in [0.25, 0.3) is 10.8 Å². The van der Waals surface area contributed by atoms with Crippen molar-refractivity contribution in [3.63, 3.8) is 0 Å². The fraction of sp³-hybridized carbons (Fsp3) is 0.375. The Bertz CT molecular complexity index is 593. The summed E-state index contributed by atoms with van der Waals surface area (Å²) in [6, 6.07) is 8.29. The van der Waals surface area contributed by atoms with Gasteiger partial charge in [0.15, 0.2) is 0 Å². The van der Waals surface area contributed by atoms with E-state index in [9.17, 15) is 4.79 Å². The largest absolute Gasteiger partial charge is 0.480 e. The minimum absolute atomic E-state index is 0.0538. The first-order valence-corrected chi connectivity index (χ1v) is 6.89. The first-order valence-electron chi connectivity index (χ1n) is 6.89. The zero-order chi connectivity index (χ0) is 14.5. The third-order valence-corrected chi connectivity index (χ3v) is 3.68. The van der Waals surface area contributed by atoms with E-state index < -0.39 is 5.97 Å². The highest BCUT2D eigenvalue weighted by Crippen LogP contribution is 2.19. The summed E-state index contributed by atoms with van der Waals surface area (Å²) in [6.07, 6.45) is 4.59. The molecule has 4 nitrogen and oxygen atoms in total. The molecule has 0 saturated heterocycles. The highest BCUT2D eigenvalue weighted by Gasteiger charge is 2.17. The van der Waals surface area contributed by atoms with Gasteiger partial charge in [0.1, 0.15) is 0 Å². The Kier molecular flexibility index (Phi) is 4.69. The fourth-order valence-electron chi connectivity index (χ4n) is 2.32. The van der Waals surface area contributed by atoms with Crippen LogP contribution in [0.5, 0.6) is 0 Å². The van der Waals surface area contributed by atoms with Crippen molar-refractivity contribution in [1.82, 2.24) is 9.88 Å². The predicted octanol–water partition coefficient (Wildman–Crippen LogP) is 2.92. The molecule has 1 atom stereocenters. The SMILES string of the molecule is CCC(C)N(CC(=O)O)Cc1cncc2ccccc12. The fourth-order valence-corrected chi connectivity index (χ4v) is 2.32. The lowest BCUT2D eigenvalue weighted by atomic mass is 10.1. The average Bonchev–Trinajstić information content (AvgIpc) is 2.45. The number of hydrogen-bond donors (Lipinski definition) is 1. The first kappa shape index (κ1) is 14.5. The molecule has 1 N–H and O–H groups in total. The van der Waals surface area contributed by atoms with Crippen LogP contribution < -0.4 is 0 Å². The van der Waals surface area contributed by atoms with E-state index in [-0.39, 0.29) is 12.6 Å². The van der Waals surface area contributed by atoms with E-state index in [4.69, 9.17) is 5.11 Å². The summed E-state index contributed by atoms with van der Waals surface area (Å²) in [5, 5.41) is 11.3. The van der Waals surface area contributed by atoms with Crippen molar-refractivity contribution in [2.24, 2.45) is 0 Å². The molecule has 4 heteroatoms. The van der Waals surface area contributed by atoms with Gasteiger partial charge in [0.25, 0.3) is 0 Å². The number of hydrogen-bond acceptors (Lipinski definition) is 3. The van der Waals surface area contributed by atoms with Crippen LogP contribution in [-0.4, -0.2) is 33.5 Å². The molecule has 2 rings (SSSR count). The molecule has 0 radical (unpaired) electrons. The van der Waals surface area contributed by atoms with Crippen molar-refractivity contribution in [3.8, 4) is 0 Å². The van der Waals surface area contributed by atoms with Crippen molar-refractivity contribution in [3.05, 3.63) is 42.2 Å². The normalized spacial score (nSPS) is 12.8. The van der Waals surface area contributed by atoms with Gasteiger partial charge >= 0.3 is 5.97 Å². The second-order valence-corrected chi connectivity index (χ2v) is 5.08. The van der Waals surface area contributed by atoms with Gasteiger partial charge in [0, 0.05) is 30.4 Å². The van der Waals surface area contributed by atoms with Crippen LogP contribution in [-0.2, 0) is 11.3 Å². The highest BCUT2D eigenvalue weighted by molar-refractivity contribution is 5.84. The molecule has 1 heterocycles. The van der Waals surface area contributed by atoms with Crippen LogP contribution in [0.2, 0.25) is 0 Å². The topological polar surface area (TPSA) is 53.4 Å². The maximum absolute atomic E-state index is 11.0. The summed E-state index contributed by atoms with van der Waals surface area (Å²) in [4.78, 5) is 17.3. The van der Waals surface area contributed by atoms with Gasteiger partial charge in [0.2, 0.25) is 0 Å². The molecular formula is C16H20N2O2. The molecule has 106 valence electrons. The minimum atomic E-state index is -0.793. The summed E-state index contributed by atoms with van der Waals surface area (Å²) in [6.45, 7) is 4.79. The average molecular weight is 272 g/mol. The molecule has 1 unspecified atom stereocenters. The van der Waals surface area contributed by atoms with Crippen LogP contribution in [0.3, 0.4) is 0 Å². The lowest BCUT2D eigenvalue weighted by Crippen LogP contribution is -2.36. The lowest BCUT2D eigenvalue weighted by Gasteiger charge is -2.27. The van der Waals surface area contributed by atoms with E-state index in [1.807, 2.05) is 35.5 Å². The summed E-state index contributed by atoms with van der Waals surface area (Å²) in [5.41, 5.74) is 1.07. The number of aliphatic carboxylic acids is 1. The van der Waals surface area contributed by atoms with Crippen molar-refractivity contribution in [2.45, 2.75) is 32.9 Å². The Balaban J connectivity index is 2.30. The molecule has 0 aliphatic carbocycles. The van der Waals surface area contributed by atoms with Gasteiger partial charge in [-0.2, -0.15) is 0 Å². The first-order chi connectivity index (χ1) is 9.61. The Morgan fingerprint density at radius 2 is 2.10 bits per heavy atom. The number of carboxylic acids is 1. The van der Waals surface area contributed by atoms with Gasteiger partial charge in [-0.3, -0.25) is 14.7 Å². The van der Waals surface area contributed by atoms with E-state index in [2.05, 4.69) is 24.9 Å². The molecule has 0 fully saturated rings. The number of aromatic nitrogens is 1. The molecule has 1 aromatic heterocycles. The number of benzene rings is 1. The summed E-state index contributed by atoms with van der Waals surface area (Å²) in [5.74, 6) is -0.793. The van der Waals surface area contributed by atoms with Gasteiger partial charge in [-0.25, -0.2) is 0 Å². The maximum atomic E-state index is 11.0. The van der Waals surface area contributed by atoms with Crippen LogP contribution in [0, 0.1) is 0 Å². The molecule has 20 heavy (non-hydrogen) atoms. The van der Waals surface area contributed by atoms with Crippen LogP contribution in [0.1, 0.15) is 25.8 Å². The van der Waals surface area contributed by atoms with Crippen molar-refractivity contribution >= 4 is 16.7 Å². The second kappa shape index (κ2) is 6.48. The standard InChI is InChI=1S/C16H20N2O2/c1-3-12(2)18(11-16(19)20)10-14-9-17-8-13-6-4-5-7-15(13)14/h4-9,12H,3,10-11H2,1-2H3,(H,19,20). The number of fused-ring (bicyclic) bond motifs is 1. The van der Waals surface area contributed by atoms with Crippen molar-refractivity contribution < 1.29 is 9.90 Å². The zero-order valence-corrected chi connectivity index (χ0v) is 11.9. The van der Waals surface area contributed by atoms with Crippen LogP contribution in [0.4, 0.5) is 0 Å². The lowest BCUT2D eigenvalue weighted by molar-refractivity contribution is -0.139. The number of carbonyl (C=O) groups is 1. The molecule has 1 aromatic carbocycles. The van der Waals surface area contributed by atoms with Gasteiger partial charge < -0.3 is 5.11 Å². The molecule has 0 aliphatic heterocycles. The van der Waals surface area contributed by atoms with E-state index in [0.29, 0.717) is 6.54 Å². The maximum Gasteiger partial charge on any atom is 0.317 e. The number of pyridine rings is 1. The van der Waals surface area contributed by atoms with Crippen LogP contribution >= 0.6 is 0 Å². The van der Waals surface area contributed by atoms with E-state index in [0.717, 1.165) is 22.8 Å². The van der Waals surface area contributed by atoms with Crippen molar-refractivity contribution in [1.29, 1.82) is 0 Å². The number of carboxylic acid groups (broad SMARTS) is 1. The Morgan fingerprint density at radius 1 is 1.35 bits per heavy atom. The van der Waals surface area contributed by atoms with Gasteiger partial charge in [-0.1, -0.05) is 31.2 Å². The van der Waals surface area contributed by atoms with Gasteiger partial charge in [-0.15, -0.1) is 0 Å². The van der Waals surface area contributed by atoms with E-state index in [1.54, 1.807) is 0 Å². The Labute approximate surface area is 119 Å². The van der Waals surface area contributed by atoms with Crippen molar-refractivity contribution in [2.75, 3.05) is 6.54 Å². The molecule has 0 saturated carbocycles. The summed E-state index contributed by atoms with van der Waals surface area (Å²) >= 11 is 0. The summed E-state index contributed by atoms with van der Waals surface area (Å²) < 4.78 is 0. The Hall–Kier alpha value is -1.94. The predicted molar refractivity (Wildman–Crippen MR) is 79.5 cm³/mol. The second-order valence-electron chi connectivity index (χ2n) is 5.08. The molecular weight excluding hydrogens is 252 g/mol. The third kappa shape index (κ3) is 3.33. The summed E-state index contributed by atoms with van der Waals surface area (Å²) in [7, 11) is 0. The molecule has 0 aliphatic rings. The van der Waals surface area contributed by atoms with E-state index >= 15 is 0 Å². The van der Waals surface area contributed by atoms with E-state index in [1.165, 1.54) is 0 Å². The highest BCUT2D eigenvalue weighted by atomic mass is 16.4. The smallest absolute Gasteiger partial charge is 0.317 e. The van der Waals surface area contributed by atoms with Gasteiger partial charge in [0.05, 0.1) is 6.54 Å². The minimum Gasteiger partial charge on any atom is -0.480 e. The van der Waals surface area contributed by atoms with Crippen LogP contribution in [0.15, 0.2) is 36.7 Å². The molecule has 2 aromatic rings. The quantitative estimate of drug-likeness (QED) is 0.878. The number of nitrogens with zero attached hydrogens (tertiary/aromatic N) is 2. The Morgan fingerprint density at radius 3 is 2.80 bits per heavy atom. The molecule has 0 bridgehead atoms. The molecule has 0 amide bonds. The molecule has 0 spiro atoms. The van der Waals surface area contributed by atoms with Gasteiger partial charge in [-0.05, 0) is 24.3 Å². The zero-order valence-electron chi connectivity index (χ0n) is 11.9.